The molecule has 108 valence electrons. The van der Waals surface area contributed by atoms with E-state index >= 15 is 0 Å². The second kappa shape index (κ2) is 7.52. The van der Waals surface area contributed by atoms with Crippen LogP contribution in [0.5, 0.6) is 0 Å². The third-order valence-corrected chi connectivity index (χ3v) is 3.72. The zero-order valence-electron chi connectivity index (χ0n) is 11.0. The minimum absolute atomic E-state index is 0.212. The number of aliphatic hydroxyl groups excluding tert-OH is 2. The first kappa shape index (κ1) is 16.0. The summed E-state index contributed by atoms with van der Waals surface area (Å²) in [7, 11) is 1.45. The average molecular weight is 290 g/mol. The number of thioether (sulfide) groups is 1. The van der Waals surface area contributed by atoms with Crippen LogP contribution in [0.25, 0.3) is 0 Å². The van der Waals surface area contributed by atoms with E-state index < -0.39 is 29.7 Å². The minimum Gasteiger partial charge on any atom is -0.390 e. The molecule has 7 nitrogen and oxygen atoms in total. The van der Waals surface area contributed by atoms with Gasteiger partial charge in [-0.1, -0.05) is 0 Å². The molecule has 0 spiro atoms. The molecule has 1 aliphatic rings. The quantitative estimate of drug-likeness (QED) is 0.273. The Morgan fingerprint density at radius 2 is 2.26 bits per heavy atom. The van der Waals surface area contributed by atoms with E-state index in [1.54, 1.807) is 0 Å². The highest BCUT2D eigenvalue weighted by atomic mass is 32.2. The van der Waals surface area contributed by atoms with Crippen LogP contribution in [0, 0.1) is 0 Å². The van der Waals surface area contributed by atoms with E-state index in [0.29, 0.717) is 11.7 Å². The predicted octanol–water partition coefficient (Wildman–Crippen LogP) is -1.96. The molecule has 19 heavy (non-hydrogen) atoms. The summed E-state index contributed by atoms with van der Waals surface area (Å²) in [5.74, 6) is -0.464. The third kappa shape index (κ3) is 4.22. The Labute approximate surface area is 116 Å². The van der Waals surface area contributed by atoms with Gasteiger partial charge in [0.05, 0.1) is 12.6 Å². The predicted molar refractivity (Wildman–Crippen MR) is 74.9 cm³/mol. The Balaban J connectivity index is 2.71. The molecular formula is C11H20N3O4S+. The lowest BCUT2D eigenvalue weighted by atomic mass is 10.0. The van der Waals surface area contributed by atoms with Gasteiger partial charge < -0.3 is 20.3 Å². The average Bonchev–Trinajstić information content (AvgIpc) is 2.41. The van der Waals surface area contributed by atoms with E-state index in [0.717, 1.165) is 0 Å². The van der Waals surface area contributed by atoms with Gasteiger partial charge in [0.25, 0.3) is 5.91 Å². The number of aliphatic hydroxyl groups is 2. The van der Waals surface area contributed by atoms with Gasteiger partial charge in [0, 0.05) is 25.2 Å². The van der Waals surface area contributed by atoms with Crippen LogP contribution in [0.15, 0.2) is 0 Å². The van der Waals surface area contributed by atoms with Gasteiger partial charge in [-0.25, -0.2) is 4.67 Å². The number of carbonyl (C=O) groups is 1. The van der Waals surface area contributed by atoms with Gasteiger partial charge in [-0.15, -0.1) is 0 Å². The van der Waals surface area contributed by atoms with Crippen LogP contribution >= 0.6 is 11.8 Å². The molecule has 0 aromatic heterocycles. The molecule has 4 atom stereocenters. The summed E-state index contributed by atoms with van der Waals surface area (Å²) in [5.41, 5.74) is -0.472. The number of carbonyl (C=O) groups excluding carboxylic acids is 1. The molecule has 0 bridgehead atoms. The topological polar surface area (TPSA) is 105 Å². The van der Waals surface area contributed by atoms with E-state index in [1.807, 2.05) is 6.92 Å². The molecule has 1 saturated heterocycles. The Hall–Kier alpha value is -1.05. The molecule has 4 unspecified atom stereocenters. The van der Waals surface area contributed by atoms with Crippen LogP contribution in [0.2, 0.25) is 0 Å². The number of hydrogen-bond donors (Lipinski definition) is 4. The molecule has 0 aromatic rings. The van der Waals surface area contributed by atoms with Crippen molar-refractivity contribution in [3.63, 3.8) is 0 Å². The summed E-state index contributed by atoms with van der Waals surface area (Å²) in [6.07, 6.45) is -3.11. The maximum Gasteiger partial charge on any atom is 0.405 e. The lowest BCUT2D eigenvalue weighted by Gasteiger charge is -2.34. The maximum absolute atomic E-state index is 11.6. The Bertz CT molecular complexity index is 373. The standard InChI is InChI=1S/C11H19N3O4S/c1-4-14-11(13-3)19-7-5-6(15)8(16)9(18-7)10(17)12-2/h6-9,15-16H,3-5H2,1-2H3,(H,12,17)/p+1. The third-order valence-electron chi connectivity index (χ3n) is 2.66. The molecule has 0 radical (unpaired) electrons. The number of hydrogen-bond acceptors (Lipinski definition) is 5. The number of nitrogens with zero attached hydrogens (tertiary/aromatic N) is 1. The van der Waals surface area contributed by atoms with Crippen molar-refractivity contribution in [3.8, 4) is 0 Å². The van der Waals surface area contributed by atoms with Gasteiger partial charge in [0.15, 0.2) is 12.8 Å². The number of amidine groups is 1. The molecule has 0 aromatic carbocycles. The van der Waals surface area contributed by atoms with Crippen LogP contribution < -0.4 is 15.3 Å². The highest BCUT2D eigenvalue weighted by Crippen LogP contribution is 2.27. The smallest absolute Gasteiger partial charge is 0.390 e. The fourth-order valence-corrected chi connectivity index (χ4v) is 2.70. The van der Waals surface area contributed by atoms with E-state index in [4.69, 9.17) is 4.74 Å². The van der Waals surface area contributed by atoms with E-state index in [-0.39, 0.29) is 6.42 Å². The fraction of sp³-hybridized carbons (Fsp3) is 0.727. The summed E-state index contributed by atoms with van der Waals surface area (Å²) >= 11 is 1.23. The molecule has 1 heterocycles. The second-order valence-electron chi connectivity index (χ2n) is 4.01. The molecular weight excluding hydrogens is 270 g/mol. The van der Waals surface area contributed by atoms with Crippen molar-refractivity contribution in [2.75, 3.05) is 13.6 Å². The van der Waals surface area contributed by atoms with Crippen molar-refractivity contribution in [2.24, 2.45) is 0 Å². The largest absolute Gasteiger partial charge is 0.405 e. The van der Waals surface area contributed by atoms with Gasteiger partial charge >= 0.3 is 5.17 Å². The molecule has 0 saturated carbocycles. The van der Waals surface area contributed by atoms with E-state index in [9.17, 15) is 15.0 Å². The number of amides is 1. The second-order valence-corrected chi connectivity index (χ2v) is 5.15. The lowest BCUT2D eigenvalue weighted by Crippen LogP contribution is -2.54. The van der Waals surface area contributed by atoms with Crippen LogP contribution in [-0.2, 0) is 9.53 Å². The van der Waals surface area contributed by atoms with Crippen molar-refractivity contribution >= 4 is 29.6 Å². The number of ether oxygens (including phenoxy) is 1. The first-order valence-corrected chi connectivity index (χ1v) is 6.88. The van der Waals surface area contributed by atoms with Crippen LogP contribution in [0.3, 0.4) is 0 Å². The normalized spacial score (nSPS) is 30.3. The van der Waals surface area contributed by atoms with E-state index in [2.05, 4.69) is 22.0 Å². The van der Waals surface area contributed by atoms with Gasteiger partial charge in [-0.05, 0) is 6.92 Å². The molecule has 0 aliphatic carbocycles. The van der Waals surface area contributed by atoms with Crippen LogP contribution in [0.1, 0.15) is 13.3 Å². The first-order valence-electron chi connectivity index (χ1n) is 6.00. The van der Waals surface area contributed by atoms with Crippen molar-refractivity contribution in [1.82, 2.24) is 15.3 Å². The molecule has 1 fully saturated rings. The minimum atomic E-state index is -1.23. The monoisotopic (exact) mass is 290 g/mol. The Morgan fingerprint density at radius 1 is 1.58 bits per heavy atom. The van der Waals surface area contributed by atoms with Crippen molar-refractivity contribution in [3.05, 3.63) is 0 Å². The molecule has 8 heteroatoms. The summed E-state index contributed by atoms with van der Waals surface area (Å²) in [6, 6.07) is 0. The van der Waals surface area contributed by atoms with Crippen molar-refractivity contribution < 1.29 is 19.7 Å². The summed E-state index contributed by atoms with van der Waals surface area (Å²) in [6.45, 7) is 6.03. The number of likely N-dealkylation sites (N-methyl/N-ethyl adjacent to an activating group) is 1. The molecule has 1 rings (SSSR count). The molecule has 1 amide bonds. The van der Waals surface area contributed by atoms with Gasteiger partial charge in [-0.2, -0.15) is 0 Å². The van der Waals surface area contributed by atoms with Crippen molar-refractivity contribution in [1.29, 1.82) is 0 Å². The van der Waals surface area contributed by atoms with Gasteiger partial charge in [0.1, 0.15) is 11.5 Å². The molecule has 1 aliphatic heterocycles. The number of nitrogens with one attached hydrogen (secondary N) is 2. The highest BCUT2D eigenvalue weighted by Gasteiger charge is 2.42. The highest BCUT2D eigenvalue weighted by molar-refractivity contribution is 8.14. The van der Waals surface area contributed by atoms with Crippen LogP contribution in [0.4, 0.5) is 0 Å². The van der Waals surface area contributed by atoms with Gasteiger partial charge in [0.2, 0.25) is 0 Å². The number of rotatable bonds is 3. The molecule has 4 N–H and O–H groups in total. The van der Waals surface area contributed by atoms with Crippen molar-refractivity contribution in [2.45, 2.75) is 37.1 Å². The fourth-order valence-electron chi connectivity index (χ4n) is 1.68. The van der Waals surface area contributed by atoms with Gasteiger partial charge in [-0.3, -0.25) is 10.1 Å². The Morgan fingerprint density at radius 3 is 2.79 bits per heavy atom. The summed E-state index contributed by atoms with van der Waals surface area (Å²) in [4.78, 5) is 11.6. The SMILES string of the molecule is C=[N+]=C(NCC)SC1CC(O)C(O)C(C(=O)NC)O1. The van der Waals surface area contributed by atoms with E-state index in [1.165, 1.54) is 18.8 Å². The van der Waals surface area contributed by atoms with Crippen LogP contribution in [-0.4, -0.2) is 65.3 Å². The lowest BCUT2D eigenvalue weighted by molar-refractivity contribution is -0.166. The maximum atomic E-state index is 11.6. The Kier molecular flexibility index (Phi) is 6.33. The first-order chi connectivity index (χ1) is 9.03. The zero-order chi connectivity index (χ0) is 14.4. The summed E-state index contributed by atoms with van der Waals surface area (Å²) < 4.78 is 9.29. The zero-order valence-corrected chi connectivity index (χ0v) is 11.8. The summed E-state index contributed by atoms with van der Waals surface area (Å²) in [5, 5.41) is 25.5.